The molecule has 0 fully saturated rings. The van der Waals surface area contributed by atoms with Crippen LogP contribution in [0, 0.1) is 0 Å². The molecule has 0 bridgehead atoms. The van der Waals surface area contributed by atoms with E-state index in [0.29, 0.717) is 0 Å². The Labute approximate surface area is 117 Å². The molecule has 0 saturated carbocycles. The Balaban J connectivity index is 2.84. The maximum absolute atomic E-state index is 11.8. The number of carbonyl (C=O) groups excluding carboxylic acids is 1. The SMILES string of the molecule is CCC(C)(C)NC(=O)Nc1cc(C(=O)O)ccc1Cl. The van der Waals surface area contributed by atoms with E-state index in [1.807, 2.05) is 20.8 Å². The van der Waals surface area contributed by atoms with E-state index in [0.717, 1.165) is 6.42 Å². The number of hydrogen-bond acceptors (Lipinski definition) is 2. The van der Waals surface area contributed by atoms with E-state index >= 15 is 0 Å². The van der Waals surface area contributed by atoms with Crippen LogP contribution in [-0.4, -0.2) is 22.6 Å². The van der Waals surface area contributed by atoms with Crippen LogP contribution in [0.1, 0.15) is 37.6 Å². The molecule has 0 radical (unpaired) electrons. The molecule has 1 aromatic carbocycles. The fourth-order valence-corrected chi connectivity index (χ4v) is 1.47. The van der Waals surface area contributed by atoms with Crippen LogP contribution in [0.15, 0.2) is 18.2 Å². The standard InChI is InChI=1S/C13H17ClN2O3/c1-4-13(2,3)16-12(19)15-10-7-8(11(17)18)5-6-9(10)14/h5-7H,4H2,1-3H3,(H,17,18)(H2,15,16,19). The lowest BCUT2D eigenvalue weighted by Gasteiger charge is -2.24. The van der Waals surface area contributed by atoms with Crippen molar-refractivity contribution in [2.24, 2.45) is 0 Å². The van der Waals surface area contributed by atoms with Crippen molar-refractivity contribution in [1.29, 1.82) is 0 Å². The number of amides is 2. The Morgan fingerprint density at radius 3 is 2.53 bits per heavy atom. The smallest absolute Gasteiger partial charge is 0.335 e. The van der Waals surface area contributed by atoms with E-state index in [-0.39, 0.29) is 21.8 Å². The fourth-order valence-electron chi connectivity index (χ4n) is 1.30. The van der Waals surface area contributed by atoms with Crippen molar-refractivity contribution < 1.29 is 14.7 Å². The van der Waals surface area contributed by atoms with Crippen molar-refractivity contribution in [1.82, 2.24) is 5.32 Å². The van der Waals surface area contributed by atoms with E-state index in [1.54, 1.807) is 0 Å². The second kappa shape index (κ2) is 5.93. The summed E-state index contributed by atoms with van der Waals surface area (Å²) < 4.78 is 0. The summed E-state index contributed by atoms with van der Waals surface area (Å²) in [5.41, 5.74) is -0.0125. The third-order valence-corrected chi connectivity index (χ3v) is 3.13. The number of carboxylic acid groups (broad SMARTS) is 1. The van der Waals surface area contributed by atoms with Crippen LogP contribution < -0.4 is 10.6 Å². The second-order valence-electron chi connectivity index (χ2n) is 4.82. The van der Waals surface area contributed by atoms with Gasteiger partial charge in [-0.1, -0.05) is 18.5 Å². The van der Waals surface area contributed by atoms with Gasteiger partial charge in [-0.15, -0.1) is 0 Å². The summed E-state index contributed by atoms with van der Waals surface area (Å²) in [5, 5.41) is 14.5. The van der Waals surface area contributed by atoms with E-state index in [1.165, 1.54) is 18.2 Å². The molecular weight excluding hydrogens is 268 g/mol. The van der Waals surface area contributed by atoms with Crippen molar-refractivity contribution >= 4 is 29.3 Å². The van der Waals surface area contributed by atoms with Gasteiger partial charge in [0.05, 0.1) is 16.3 Å². The number of halogens is 1. The normalized spacial score (nSPS) is 10.9. The number of aromatic carboxylic acids is 1. The fraction of sp³-hybridized carbons (Fsp3) is 0.385. The zero-order valence-corrected chi connectivity index (χ0v) is 11.8. The van der Waals surface area contributed by atoms with Crippen molar-refractivity contribution in [3.8, 4) is 0 Å². The van der Waals surface area contributed by atoms with Crippen LogP contribution >= 0.6 is 11.6 Å². The minimum Gasteiger partial charge on any atom is -0.478 e. The topological polar surface area (TPSA) is 78.4 Å². The Hall–Kier alpha value is -1.75. The molecule has 0 aliphatic rings. The van der Waals surface area contributed by atoms with Gasteiger partial charge >= 0.3 is 12.0 Å². The van der Waals surface area contributed by atoms with Gasteiger partial charge in [-0.3, -0.25) is 0 Å². The molecule has 0 saturated heterocycles. The van der Waals surface area contributed by atoms with Gasteiger partial charge in [0.1, 0.15) is 0 Å². The molecule has 0 aliphatic carbocycles. The second-order valence-corrected chi connectivity index (χ2v) is 5.22. The third kappa shape index (κ3) is 4.44. The zero-order chi connectivity index (χ0) is 14.6. The first-order valence-corrected chi connectivity index (χ1v) is 6.25. The number of rotatable bonds is 4. The molecule has 104 valence electrons. The molecule has 19 heavy (non-hydrogen) atoms. The molecule has 0 unspecified atom stereocenters. The summed E-state index contributed by atoms with van der Waals surface area (Å²) in [4.78, 5) is 22.6. The maximum Gasteiger partial charge on any atom is 0.335 e. The number of hydrogen-bond donors (Lipinski definition) is 3. The Morgan fingerprint density at radius 1 is 1.37 bits per heavy atom. The van der Waals surface area contributed by atoms with Gasteiger partial charge < -0.3 is 15.7 Å². The number of anilines is 1. The van der Waals surface area contributed by atoms with Gasteiger partial charge in [-0.2, -0.15) is 0 Å². The van der Waals surface area contributed by atoms with Crippen molar-refractivity contribution in [3.05, 3.63) is 28.8 Å². The van der Waals surface area contributed by atoms with Crippen LogP contribution in [0.5, 0.6) is 0 Å². The first-order chi connectivity index (χ1) is 8.75. The largest absolute Gasteiger partial charge is 0.478 e. The monoisotopic (exact) mass is 284 g/mol. The first kappa shape index (κ1) is 15.3. The van der Waals surface area contributed by atoms with Gasteiger partial charge in [-0.25, -0.2) is 9.59 Å². The van der Waals surface area contributed by atoms with Crippen LogP contribution in [-0.2, 0) is 0 Å². The summed E-state index contributed by atoms with van der Waals surface area (Å²) in [6.07, 6.45) is 0.767. The number of carbonyl (C=O) groups is 2. The summed E-state index contributed by atoms with van der Waals surface area (Å²) >= 11 is 5.91. The van der Waals surface area contributed by atoms with Gasteiger partial charge in [0.15, 0.2) is 0 Å². The van der Waals surface area contributed by atoms with Gasteiger partial charge in [0.2, 0.25) is 0 Å². The number of nitrogens with one attached hydrogen (secondary N) is 2. The van der Waals surface area contributed by atoms with Gasteiger partial charge in [-0.05, 0) is 38.5 Å². The number of carboxylic acids is 1. The zero-order valence-electron chi connectivity index (χ0n) is 11.1. The highest BCUT2D eigenvalue weighted by atomic mass is 35.5. The number of benzene rings is 1. The number of urea groups is 1. The first-order valence-electron chi connectivity index (χ1n) is 5.87. The highest BCUT2D eigenvalue weighted by molar-refractivity contribution is 6.33. The van der Waals surface area contributed by atoms with E-state index in [4.69, 9.17) is 16.7 Å². The predicted molar refractivity (Wildman–Crippen MR) is 74.9 cm³/mol. The summed E-state index contributed by atoms with van der Waals surface area (Å²) in [6, 6.07) is 3.72. The van der Waals surface area contributed by atoms with E-state index < -0.39 is 12.0 Å². The lowest BCUT2D eigenvalue weighted by Crippen LogP contribution is -2.45. The molecular formula is C13H17ClN2O3. The summed E-state index contributed by atoms with van der Waals surface area (Å²) in [7, 11) is 0. The average Bonchev–Trinajstić information content (AvgIpc) is 2.31. The van der Waals surface area contributed by atoms with Crippen molar-refractivity contribution in [3.63, 3.8) is 0 Å². The van der Waals surface area contributed by atoms with Crippen molar-refractivity contribution in [2.45, 2.75) is 32.7 Å². The molecule has 0 atom stereocenters. The quantitative estimate of drug-likeness (QED) is 0.793. The highest BCUT2D eigenvalue weighted by Crippen LogP contribution is 2.23. The van der Waals surface area contributed by atoms with E-state index in [2.05, 4.69) is 10.6 Å². The highest BCUT2D eigenvalue weighted by Gasteiger charge is 2.18. The predicted octanol–water partition coefficient (Wildman–Crippen LogP) is 3.35. The summed E-state index contributed by atoms with van der Waals surface area (Å²) in [5.74, 6) is -1.07. The van der Waals surface area contributed by atoms with Crippen LogP contribution in [0.3, 0.4) is 0 Å². The molecule has 2 amide bonds. The van der Waals surface area contributed by atoms with Crippen LogP contribution in [0.4, 0.5) is 10.5 Å². The molecule has 0 heterocycles. The Kier molecular flexibility index (Phi) is 4.78. The lowest BCUT2D eigenvalue weighted by atomic mass is 10.0. The lowest BCUT2D eigenvalue weighted by molar-refractivity contribution is 0.0697. The molecule has 1 rings (SSSR count). The Bertz CT molecular complexity index is 501. The molecule has 0 spiro atoms. The minimum absolute atomic E-state index is 0.0643. The molecule has 0 aromatic heterocycles. The van der Waals surface area contributed by atoms with Crippen LogP contribution in [0.25, 0.3) is 0 Å². The molecule has 0 aliphatic heterocycles. The van der Waals surface area contributed by atoms with Gasteiger partial charge in [0.25, 0.3) is 0 Å². The molecule has 3 N–H and O–H groups in total. The third-order valence-electron chi connectivity index (χ3n) is 2.80. The van der Waals surface area contributed by atoms with Crippen molar-refractivity contribution in [2.75, 3.05) is 5.32 Å². The molecule has 6 heteroatoms. The minimum atomic E-state index is -1.07. The maximum atomic E-state index is 11.8. The molecule has 1 aromatic rings. The molecule has 5 nitrogen and oxygen atoms in total. The van der Waals surface area contributed by atoms with Crippen LogP contribution in [0.2, 0.25) is 5.02 Å². The van der Waals surface area contributed by atoms with E-state index in [9.17, 15) is 9.59 Å². The summed E-state index contributed by atoms with van der Waals surface area (Å²) in [6.45, 7) is 5.74. The Morgan fingerprint density at radius 2 is 2.00 bits per heavy atom. The average molecular weight is 285 g/mol. The van der Waals surface area contributed by atoms with Gasteiger partial charge in [0, 0.05) is 5.54 Å².